The number of aliphatic imine (C=N–C) groups is 3. The number of imidazole rings is 1. The average molecular weight is 1960 g/mol. The number of aromatic carboxylic acids is 1. The predicted molar refractivity (Wildman–Crippen MR) is 525 cm³/mol. The normalized spacial score (nSPS) is 26.3. The fourth-order valence-electron chi connectivity index (χ4n) is 21.3. The Hall–Kier alpha value is -11.9. The number of carbonyl (C=O) groups is 10. The van der Waals surface area contributed by atoms with Gasteiger partial charge in [0.05, 0.1) is 78.1 Å². The lowest BCUT2D eigenvalue weighted by molar-refractivity contribution is -0.124. The number of aliphatic hydroxyl groups is 1. The Morgan fingerprint density at radius 2 is 1.33 bits per heavy atom. The largest absolute Gasteiger partial charge is 0.478 e. The van der Waals surface area contributed by atoms with E-state index in [1.165, 1.54) is 23.9 Å². The Balaban J connectivity index is 0.661. The summed E-state index contributed by atoms with van der Waals surface area (Å²) in [6.45, 7) is 30.1. The van der Waals surface area contributed by atoms with Gasteiger partial charge in [0.25, 0.3) is 5.91 Å². The molecule has 140 heavy (non-hydrogen) atoms. The molecule has 4 aromatic rings. The van der Waals surface area contributed by atoms with Crippen LogP contribution in [0.2, 0.25) is 0 Å². The Bertz CT molecular complexity index is 6090. The van der Waals surface area contributed by atoms with Gasteiger partial charge in [-0.2, -0.15) is 0 Å². The SMILES string of the molecule is CCN=c1cc2oc3cc(NCC)c(C)cc3c(-c3ccc(C(=O)NCCCOCCOCCOCCCNC(=O)OC[C@H]4O[C@H](n5cnc6cc(C)c(C)cc65)[C@H](O)[C@@H]4OP(=O)(O)OC(C)CNC(=O)CC[C@@]4(C)C5=NC(C4CC(N)=O)C4(C)N=C(/C(C)=C6N=C(/C=C7\N/C(=C\5C)[C@@H](CCC(N)=O)C7(C)C)[C@@H](CCC(N)=O)[C@]\6(C)CC(N)=O)[C@@H](CCC(N)=O)[C@]4(C)CC(N)=O)cc3C(=O)O)c-2cc1C. The van der Waals surface area contributed by atoms with Crippen molar-refractivity contribution in [2.24, 2.45) is 99.7 Å². The standard InChI is InChI=1S/C100H136N17O22P/c1-16-107-68-44-73-62(38-54(68)5)84(63-39-55(6)69(108-17-2)45-74(63)136-73)60-21-20-59(42-61(60)94(127)128)92(126)109-30-18-32-132-34-36-134-37-35-133-33-19-31-110-95(129)135-50-75-88(87(125)93(137-75)117-51-112-71-40-52(3)53(4)41-72(71)117)139-140(130,131)138-56(7)49-111-83(124)28-29-97(12)67(43-80(104)121)91-100(15)99(14,48-82(106)123)66(24-27-79(103)120)86(116-100)58(9)90-98(13,47-81(105)122)64(22-25-77(101)118)70(113-90)46-76-96(10,11)65(23-26-78(102)119)85(114-76)57(8)89(97)115-91/h20-21,38-42,44-46,51,56,64-67,75,87-88,91,93,107,114,125H,16-19,22-37,43,47-50H2,1-15H3,(H2,101,118)(H2,102,119)(H2,103,120)(H2,104,121)(H2,105,122)(H2,106,123)(H,109,126)(H,110,129)(H,111,124)(H,127,128)(H,130,131)/b76-46-,85-57-,90-58-,108-69?/t56?,64-,65-,66-,67?,75-,87-,88-,91?,93+,97-,98+,99+,100?/m1/s1. The first-order valence-electron chi connectivity index (χ1n) is 47.8. The zero-order valence-electron chi connectivity index (χ0n) is 82.5. The minimum atomic E-state index is -5.28. The van der Waals surface area contributed by atoms with Gasteiger partial charge in [0.15, 0.2) is 6.23 Å². The number of anilines is 1. The van der Waals surface area contributed by atoms with E-state index in [0.29, 0.717) is 117 Å². The second kappa shape index (κ2) is 44.5. The lowest BCUT2D eigenvalue weighted by atomic mass is 9.55. The van der Waals surface area contributed by atoms with Gasteiger partial charge < -0.3 is 109 Å². The number of carboxylic acid groups (broad SMARTS) is 1. The summed E-state index contributed by atoms with van der Waals surface area (Å²) in [5.74, 6) is -8.65. The minimum Gasteiger partial charge on any atom is -0.478 e. The summed E-state index contributed by atoms with van der Waals surface area (Å²) in [4.78, 5) is 172. The van der Waals surface area contributed by atoms with Crippen LogP contribution < -0.4 is 66.3 Å². The van der Waals surface area contributed by atoms with Gasteiger partial charge in [-0.3, -0.25) is 67.4 Å². The number of primary amides is 6. The molecule has 15 atom stereocenters. The third kappa shape index (κ3) is 23.3. The quantitative estimate of drug-likeness (QED) is 0.00960. The van der Waals surface area contributed by atoms with Crippen LogP contribution in [0.15, 0.2) is 120 Å². The number of ether oxygens (including phenoxy) is 5. The number of aryl methyl sites for hydroxylation is 4. The number of aromatic nitrogens is 2. The highest BCUT2D eigenvalue weighted by Crippen LogP contribution is 2.63. The van der Waals surface area contributed by atoms with Gasteiger partial charge in [0.2, 0.25) is 41.4 Å². The molecule has 20 N–H and O–H groups in total. The van der Waals surface area contributed by atoms with E-state index >= 15 is 0 Å². The smallest absolute Gasteiger partial charge is 0.472 e. The molecule has 8 aliphatic rings. The fourth-order valence-corrected chi connectivity index (χ4v) is 22.4. The van der Waals surface area contributed by atoms with E-state index in [0.717, 1.165) is 38.7 Å². The number of phosphoric ester groups is 1. The van der Waals surface area contributed by atoms with Crippen LogP contribution >= 0.6 is 7.82 Å². The third-order valence-electron chi connectivity index (χ3n) is 28.9. The number of carboxylic acids is 1. The van der Waals surface area contributed by atoms with Crippen LogP contribution in [-0.4, -0.2) is 216 Å². The van der Waals surface area contributed by atoms with E-state index in [2.05, 4.69) is 36.6 Å². The molecule has 1 aliphatic carbocycles. The van der Waals surface area contributed by atoms with Gasteiger partial charge in [-0.15, -0.1) is 0 Å². The molecule has 7 aliphatic heterocycles. The number of amides is 9. The Labute approximate surface area is 813 Å². The Kier molecular flexibility index (Phi) is 34.0. The van der Waals surface area contributed by atoms with E-state index < -0.39 is 168 Å². The van der Waals surface area contributed by atoms with Gasteiger partial charge >= 0.3 is 19.9 Å². The van der Waals surface area contributed by atoms with E-state index in [4.69, 9.17) is 86.5 Å². The van der Waals surface area contributed by atoms with Crippen molar-refractivity contribution < 1.29 is 105 Å². The number of benzene rings is 4. The zero-order chi connectivity index (χ0) is 102. The van der Waals surface area contributed by atoms with Crippen molar-refractivity contribution in [2.75, 3.05) is 84.3 Å². The van der Waals surface area contributed by atoms with Crippen LogP contribution in [0.3, 0.4) is 0 Å². The summed E-state index contributed by atoms with van der Waals surface area (Å²) in [6, 6.07) is 15.0. The first-order chi connectivity index (χ1) is 66.1. The first-order valence-corrected chi connectivity index (χ1v) is 49.3. The van der Waals surface area contributed by atoms with Gasteiger partial charge in [-0.1, -0.05) is 40.7 Å². The number of rotatable bonds is 47. The molecule has 3 aromatic carbocycles. The summed E-state index contributed by atoms with van der Waals surface area (Å²) in [5.41, 5.74) is 42.2. The number of carbonyl (C=O) groups excluding carboxylic acids is 9. The van der Waals surface area contributed by atoms with Crippen molar-refractivity contribution in [2.45, 2.75) is 230 Å². The van der Waals surface area contributed by atoms with Crippen molar-refractivity contribution in [3.8, 4) is 22.5 Å². The van der Waals surface area contributed by atoms with Crippen molar-refractivity contribution in [1.82, 2.24) is 30.8 Å². The van der Waals surface area contributed by atoms with Crippen LogP contribution in [0.1, 0.15) is 209 Å². The molecule has 0 spiro atoms. The number of hydrogen-bond donors (Lipinski definition) is 14. The maximum atomic E-state index is 14.7. The predicted octanol–water partition coefficient (Wildman–Crippen LogP) is 9.34. The van der Waals surface area contributed by atoms with Gasteiger partial charge in [0.1, 0.15) is 36.3 Å². The van der Waals surface area contributed by atoms with Crippen molar-refractivity contribution in [1.29, 1.82) is 0 Å². The first kappa shape index (κ1) is 107. The van der Waals surface area contributed by atoms with Gasteiger partial charge in [-0.05, 0) is 189 Å². The average Bonchev–Trinajstić information content (AvgIpc) is 1.52. The zero-order valence-corrected chi connectivity index (χ0v) is 83.4. The van der Waals surface area contributed by atoms with E-state index in [1.54, 1.807) is 19.1 Å². The topological polar surface area (TPSA) is 610 Å². The maximum absolute atomic E-state index is 14.7. The lowest BCUT2D eigenvalue weighted by Gasteiger charge is -2.48. The maximum Gasteiger partial charge on any atom is 0.472 e. The fraction of sp³-hybridized carbons (Fsp3) is 0.550. The number of fused-ring (bicyclic) bond motifs is 9. The molecule has 8 heterocycles. The number of nitrogens with zero attached hydrogens (tertiary/aromatic N) is 6. The lowest BCUT2D eigenvalue weighted by Crippen LogP contribution is -2.56. The third-order valence-corrected chi connectivity index (χ3v) is 30.0. The summed E-state index contributed by atoms with van der Waals surface area (Å²) < 4.78 is 63.0. The number of phosphoric acid groups is 1. The molecule has 2 fully saturated rings. The molecular weight excluding hydrogens is 1820 g/mol. The van der Waals surface area contributed by atoms with Crippen molar-refractivity contribution in [3.05, 3.63) is 134 Å². The summed E-state index contributed by atoms with van der Waals surface area (Å²) in [6.07, 6.45) is -5.46. The Morgan fingerprint density at radius 1 is 0.693 bits per heavy atom. The van der Waals surface area contributed by atoms with E-state index in [-0.39, 0.29) is 128 Å². The summed E-state index contributed by atoms with van der Waals surface area (Å²) in [5, 5.41) is 39.7. The monoisotopic (exact) mass is 1960 g/mol. The molecule has 0 radical (unpaired) electrons. The number of nitrogens with one attached hydrogen (secondary N) is 5. The van der Waals surface area contributed by atoms with Crippen LogP contribution in [-0.2, 0) is 70.9 Å². The van der Waals surface area contributed by atoms with Gasteiger partial charge in [-0.25, -0.2) is 19.1 Å². The number of allylic oxidation sites excluding steroid dienone is 6. The number of alkyl carbamates (subject to hydrolysis) is 1. The molecule has 40 heteroatoms. The van der Waals surface area contributed by atoms with Crippen LogP contribution in [0.4, 0.5) is 10.5 Å². The molecule has 12 rings (SSSR count). The molecule has 9 amide bonds. The summed E-state index contributed by atoms with van der Waals surface area (Å²) >= 11 is 0. The molecular formula is C100H136N17O22P. The highest BCUT2D eigenvalue weighted by atomic mass is 31.2. The minimum absolute atomic E-state index is 0.0285. The van der Waals surface area contributed by atoms with Crippen LogP contribution in [0.25, 0.3) is 44.5 Å². The van der Waals surface area contributed by atoms with Crippen LogP contribution in [0.5, 0.6) is 0 Å². The van der Waals surface area contributed by atoms with Crippen molar-refractivity contribution >= 4 is 112 Å². The second-order valence-electron chi connectivity index (χ2n) is 39.1. The molecule has 758 valence electrons. The number of hydrogen-bond acceptors (Lipinski definition) is 27. The molecule has 0 saturated carbocycles. The highest BCUT2D eigenvalue weighted by molar-refractivity contribution is 7.47. The highest BCUT2D eigenvalue weighted by Gasteiger charge is 2.67. The number of aliphatic hydroxyl groups excluding tert-OH is 1. The molecule has 39 nitrogen and oxygen atoms in total. The van der Waals surface area contributed by atoms with Gasteiger partial charge in [0, 0.05) is 205 Å². The molecule has 8 bridgehead atoms. The van der Waals surface area contributed by atoms with E-state index in [1.807, 2.05) is 132 Å². The second-order valence-corrected chi connectivity index (χ2v) is 40.4. The van der Waals surface area contributed by atoms with Crippen molar-refractivity contribution in [3.63, 3.8) is 0 Å². The van der Waals surface area contributed by atoms with E-state index in [9.17, 15) is 67.6 Å². The summed E-state index contributed by atoms with van der Waals surface area (Å²) in [7, 11) is -5.28. The molecule has 5 unspecified atom stereocenters. The van der Waals surface area contributed by atoms with Crippen LogP contribution in [0, 0.1) is 73.0 Å². The molecule has 2 saturated heterocycles. The molecule has 1 aromatic heterocycles. The number of nitrogens with two attached hydrogens (primary N) is 6. The Morgan fingerprint density at radius 3 is 1.96 bits per heavy atom.